The van der Waals surface area contributed by atoms with Crippen molar-refractivity contribution in [3.63, 3.8) is 0 Å². The second-order valence-electron chi connectivity index (χ2n) is 7.02. The van der Waals surface area contributed by atoms with E-state index in [-0.39, 0.29) is 24.0 Å². The van der Waals surface area contributed by atoms with Crippen molar-refractivity contribution in [2.75, 3.05) is 24.5 Å². The van der Waals surface area contributed by atoms with Gasteiger partial charge >= 0.3 is 6.18 Å². The second-order valence-corrected chi connectivity index (χ2v) is 7.02. The Hall–Kier alpha value is -3.15. The zero-order chi connectivity index (χ0) is 21.3. The zero-order valence-corrected chi connectivity index (χ0v) is 15.7. The molecule has 1 aliphatic rings. The number of piperidine rings is 1. The molecule has 3 aromatic rings. The third kappa shape index (κ3) is 4.08. The standard InChI is InChI=1S/C18H19F3N6O3/c19-18(20,21)17-24-23-14-3-4-15(25-27(14)17)26-7-5-11(6-8-26)16(29)22-10-12(28)13-2-1-9-30-13/h1-4,9,11-12,28H,5-8,10H2,(H,22,29). The molecule has 4 heterocycles. The number of rotatable bonds is 5. The number of hydrogen-bond acceptors (Lipinski definition) is 7. The van der Waals surface area contributed by atoms with E-state index >= 15 is 0 Å². The summed E-state index contributed by atoms with van der Waals surface area (Å²) in [5.74, 6) is -0.876. The molecule has 0 radical (unpaired) electrons. The minimum atomic E-state index is -4.66. The van der Waals surface area contributed by atoms with Crippen LogP contribution in [0.5, 0.6) is 0 Å². The van der Waals surface area contributed by atoms with E-state index in [9.17, 15) is 23.1 Å². The number of nitrogens with one attached hydrogen (secondary N) is 1. The molecule has 1 atom stereocenters. The Balaban J connectivity index is 1.35. The summed E-state index contributed by atoms with van der Waals surface area (Å²) in [6.45, 7) is 0.959. The van der Waals surface area contributed by atoms with Crippen molar-refractivity contribution < 1.29 is 27.5 Å². The number of aliphatic hydroxyl groups excluding tert-OH is 1. The van der Waals surface area contributed by atoms with E-state index in [1.54, 1.807) is 18.2 Å². The largest absolute Gasteiger partial charge is 0.467 e. The number of alkyl halides is 3. The first-order valence-corrected chi connectivity index (χ1v) is 9.36. The molecule has 0 spiro atoms. The molecule has 1 aliphatic heterocycles. The van der Waals surface area contributed by atoms with E-state index < -0.39 is 18.1 Å². The summed E-state index contributed by atoms with van der Waals surface area (Å²) in [5.41, 5.74) is 0.00968. The second kappa shape index (κ2) is 7.94. The monoisotopic (exact) mass is 424 g/mol. The first-order chi connectivity index (χ1) is 14.3. The van der Waals surface area contributed by atoms with Gasteiger partial charge in [0.25, 0.3) is 5.82 Å². The Labute approximate surface area is 168 Å². The van der Waals surface area contributed by atoms with Gasteiger partial charge < -0.3 is 19.7 Å². The van der Waals surface area contributed by atoms with Crippen molar-refractivity contribution in [1.82, 2.24) is 25.1 Å². The molecule has 0 saturated carbocycles. The summed E-state index contributed by atoms with van der Waals surface area (Å²) in [6, 6.07) is 6.29. The maximum Gasteiger partial charge on any atom is 0.453 e. The van der Waals surface area contributed by atoms with Crippen LogP contribution in [-0.2, 0) is 11.0 Å². The predicted molar refractivity (Wildman–Crippen MR) is 97.4 cm³/mol. The van der Waals surface area contributed by atoms with Crippen LogP contribution in [0.3, 0.4) is 0 Å². The van der Waals surface area contributed by atoms with Crippen molar-refractivity contribution in [2.45, 2.75) is 25.1 Å². The maximum absolute atomic E-state index is 13.0. The van der Waals surface area contributed by atoms with Crippen molar-refractivity contribution >= 4 is 17.4 Å². The zero-order valence-electron chi connectivity index (χ0n) is 15.7. The Bertz CT molecular complexity index is 1010. The summed E-state index contributed by atoms with van der Waals surface area (Å²) in [5, 5.41) is 23.4. The lowest BCUT2D eigenvalue weighted by Gasteiger charge is -2.32. The molecule has 0 aromatic carbocycles. The molecule has 30 heavy (non-hydrogen) atoms. The van der Waals surface area contributed by atoms with E-state index in [0.717, 1.165) is 0 Å². The first kappa shape index (κ1) is 20.1. The van der Waals surface area contributed by atoms with E-state index in [1.165, 1.54) is 12.3 Å². The first-order valence-electron chi connectivity index (χ1n) is 9.36. The lowest BCUT2D eigenvalue weighted by atomic mass is 9.96. The highest BCUT2D eigenvalue weighted by Gasteiger charge is 2.38. The van der Waals surface area contributed by atoms with Crippen LogP contribution in [0, 0.1) is 5.92 Å². The van der Waals surface area contributed by atoms with Crippen LogP contribution >= 0.6 is 0 Å². The Kier molecular flexibility index (Phi) is 5.33. The van der Waals surface area contributed by atoms with Gasteiger partial charge in [0.15, 0.2) is 5.65 Å². The number of amides is 1. The van der Waals surface area contributed by atoms with Gasteiger partial charge in [-0.3, -0.25) is 4.79 Å². The Morgan fingerprint density at radius 1 is 1.27 bits per heavy atom. The highest BCUT2D eigenvalue weighted by molar-refractivity contribution is 5.79. The van der Waals surface area contributed by atoms with E-state index in [2.05, 4.69) is 20.6 Å². The lowest BCUT2D eigenvalue weighted by molar-refractivity contribution is -0.146. The number of fused-ring (bicyclic) bond motifs is 1. The van der Waals surface area contributed by atoms with E-state index in [4.69, 9.17) is 4.42 Å². The normalized spacial score (nSPS) is 16.7. The van der Waals surface area contributed by atoms with Crippen LogP contribution in [0.25, 0.3) is 5.65 Å². The van der Waals surface area contributed by atoms with Crippen molar-refractivity contribution in [1.29, 1.82) is 0 Å². The Morgan fingerprint density at radius 3 is 2.70 bits per heavy atom. The number of aliphatic hydroxyl groups is 1. The number of furan rings is 1. The number of anilines is 1. The Morgan fingerprint density at radius 2 is 2.03 bits per heavy atom. The maximum atomic E-state index is 13.0. The quantitative estimate of drug-likeness (QED) is 0.643. The fourth-order valence-corrected chi connectivity index (χ4v) is 3.42. The number of halogens is 3. The highest BCUT2D eigenvalue weighted by atomic mass is 19.4. The molecule has 0 aliphatic carbocycles. The fourth-order valence-electron chi connectivity index (χ4n) is 3.42. The molecular formula is C18H19F3N6O3. The summed E-state index contributed by atoms with van der Waals surface area (Å²) >= 11 is 0. The van der Waals surface area contributed by atoms with Gasteiger partial charge in [-0.05, 0) is 37.1 Å². The number of aromatic nitrogens is 4. The average molecular weight is 424 g/mol. The third-order valence-corrected chi connectivity index (χ3v) is 5.03. The van der Waals surface area contributed by atoms with Crippen LogP contribution in [0.4, 0.5) is 19.0 Å². The summed E-state index contributed by atoms with van der Waals surface area (Å²) < 4.78 is 44.9. The minimum Gasteiger partial charge on any atom is -0.467 e. The van der Waals surface area contributed by atoms with Crippen LogP contribution in [0.1, 0.15) is 30.5 Å². The molecule has 1 amide bonds. The van der Waals surface area contributed by atoms with Gasteiger partial charge in [0.2, 0.25) is 5.91 Å². The molecule has 1 fully saturated rings. The number of hydrogen-bond donors (Lipinski definition) is 2. The van der Waals surface area contributed by atoms with Crippen LogP contribution in [0.2, 0.25) is 0 Å². The van der Waals surface area contributed by atoms with Gasteiger partial charge in [-0.2, -0.15) is 17.7 Å². The third-order valence-electron chi connectivity index (χ3n) is 5.03. The lowest BCUT2D eigenvalue weighted by Crippen LogP contribution is -2.42. The molecule has 9 nitrogen and oxygen atoms in total. The molecular weight excluding hydrogens is 405 g/mol. The summed E-state index contributed by atoms with van der Waals surface area (Å²) in [6.07, 6.45) is -3.12. The predicted octanol–water partition coefficient (Wildman–Crippen LogP) is 1.80. The molecule has 2 N–H and O–H groups in total. The van der Waals surface area contributed by atoms with Gasteiger partial charge in [0.1, 0.15) is 17.7 Å². The molecule has 1 saturated heterocycles. The SMILES string of the molecule is O=C(NCC(O)c1ccco1)C1CCN(c2ccc3nnc(C(F)(F)F)n3n2)CC1. The van der Waals surface area contributed by atoms with Gasteiger partial charge in [-0.15, -0.1) is 15.3 Å². The number of nitrogens with zero attached hydrogens (tertiary/aromatic N) is 5. The number of carbonyl (C=O) groups is 1. The minimum absolute atomic E-state index is 0.00968. The van der Waals surface area contributed by atoms with Crippen molar-refractivity contribution in [3.05, 3.63) is 42.1 Å². The van der Waals surface area contributed by atoms with Crippen molar-refractivity contribution in [3.8, 4) is 0 Å². The van der Waals surface area contributed by atoms with Gasteiger partial charge in [0.05, 0.1) is 12.8 Å². The van der Waals surface area contributed by atoms with Crippen LogP contribution < -0.4 is 10.2 Å². The highest BCUT2D eigenvalue weighted by Crippen LogP contribution is 2.28. The van der Waals surface area contributed by atoms with Crippen LogP contribution in [-0.4, -0.2) is 50.5 Å². The molecule has 0 bridgehead atoms. The summed E-state index contributed by atoms with van der Waals surface area (Å²) in [7, 11) is 0. The van der Waals surface area contributed by atoms with E-state index in [1.807, 2.05) is 4.90 Å². The molecule has 4 rings (SSSR count). The number of carbonyl (C=O) groups excluding carboxylic acids is 1. The molecule has 1 unspecified atom stereocenters. The van der Waals surface area contributed by atoms with Gasteiger partial charge in [-0.25, -0.2) is 0 Å². The fraction of sp³-hybridized carbons (Fsp3) is 0.444. The average Bonchev–Trinajstić information content (AvgIpc) is 3.41. The molecule has 12 heteroatoms. The molecule has 160 valence electrons. The summed E-state index contributed by atoms with van der Waals surface area (Å²) in [4.78, 5) is 14.2. The van der Waals surface area contributed by atoms with Gasteiger partial charge in [-0.1, -0.05) is 0 Å². The van der Waals surface area contributed by atoms with Crippen molar-refractivity contribution in [2.24, 2.45) is 5.92 Å². The van der Waals surface area contributed by atoms with Gasteiger partial charge in [0, 0.05) is 19.0 Å². The van der Waals surface area contributed by atoms with E-state index in [0.29, 0.717) is 42.0 Å². The topological polar surface area (TPSA) is 109 Å². The van der Waals surface area contributed by atoms with Crippen LogP contribution in [0.15, 0.2) is 34.9 Å². The smallest absolute Gasteiger partial charge is 0.453 e. The molecule has 3 aromatic heterocycles.